The first-order chi connectivity index (χ1) is 16.6. The van der Waals surface area contributed by atoms with Gasteiger partial charge in [0.05, 0.1) is 18.8 Å². The first-order valence-corrected chi connectivity index (χ1v) is 12.5. The number of benzene rings is 3. The van der Waals surface area contributed by atoms with Crippen LogP contribution in [0.3, 0.4) is 0 Å². The molecule has 1 aliphatic rings. The molecule has 0 saturated carbocycles. The van der Waals surface area contributed by atoms with Crippen LogP contribution in [-0.4, -0.2) is 29.5 Å². The average molecular weight is 479 g/mol. The number of thioether (sulfide) groups is 1. The molecule has 1 aliphatic heterocycles. The number of hydrogen-bond acceptors (Lipinski definition) is 5. The number of carbonyl (C=O) groups is 1. The Kier molecular flexibility index (Phi) is 8.60. The fourth-order valence-electron chi connectivity index (χ4n) is 3.83. The monoisotopic (exact) mass is 478 g/mol. The average Bonchev–Trinajstić information content (AvgIpc) is 2.88. The van der Waals surface area contributed by atoms with Gasteiger partial charge in [-0.1, -0.05) is 54.6 Å². The lowest BCUT2D eigenvalue weighted by molar-refractivity contribution is -0.245. The van der Waals surface area contributed by atoms with Crippen molar-refractivity contribution in [2.24, 2.45) is 0 Å². The Morgan fingerprint density at radius 2 is 1.79 bits per heavy atom. The molecule has 0 aliphatic carbocycles. The molecule has 3 aromatic rings. The molecule has 3 aromatic carbocycles. The topological polar surface area (TPSA) is 79.8 Å². The van der Waals surface area contributed by atoms with Crippen LogP contribution >= 0.6 is 11.8 Å². The highest BCUT2D eigenvalue weighted by molar-refractivity contribution is 7.99. The summed E-state index contributed by atoms with van der Waals surface area (Å²) in [5.74, 6) is 0.798. The smallest absolute Gasteiger partial charge is 0.319 e. The Hall–Kier alpha value is -2.84. The van der Waals surface area contributed by atoms with Crippen molar-refractivity contribution in [3.05, 3.63) is 95.6 Å². The summed E-state index contributed by atoms with van der Waals surface area (Å²) in [6, 6.07) is 25.5. The molecule has 3 atom stereocenters. The molecule has 2 amide bonds. The third-order valence-electron chi connectivity index (χ3n) is 5.55. The van der Waals surface area contributed by atoms with Gasteiger partial charge in [0.2, 0.25) is 0 Å². The van der Waals surface area contributed by atoms with Crippen LogP contribution in [0, 0.1) is 0 Å². The van der Waals surface area contributed by atoms with E-state index in [-0.39, 0.29) is 24.8 Å². The summed E-state index contributed by atoms with van der Waals surface area (Å²) in [6.45, 7) is 2.44. The van der Waals surface area contributed by atoms with E-state index in [0.29, 0.717) is 12.2 Å². The number of aliphatic hydroxyl groups excluding tert-OH is 1. The van der Waals surface area contributed by atoms with Gasteiger partial charge in [-0.15, -0.1) is 11.8 Å². The summed E-state index contributed by atoms with van der Waals surface area (Å²) >= 11 is 1.77. The van der Waals surface area contributed by atoms with Crippen LogP contribution in [0.5, 0.6) is 0 Å². The van der Waals surface area contributed by atoms with Crippen molar-refractivity contribution < 1.29 is 19.4 Å². The first-order valence-electron chi connectivity index (χ1n) is 11.5. The number of ether oxygens (including phenoxy) is 2. The summed E-state index contributed by atoms with van der Waals surface area (Å²) in [5, 5.41) is 15.0. The van der Waals surface area contributed by atoms with E-state index in [9.17, 15) is 9.90 Å². The summed E-state index contributed by atoms with van der Waals surface area (Å²) in [7, 11) is 0. The minimum Gasteiger partial charge on any atom is -0.392 e. The van der Waals surface area contributed by atoms with E-state index in [1.54, 1.807) is 11.8 Å². The lowest BCUT2D eigenvalue weighted by Crippen LogP contribution is -2.31. The molecular formula is C27H30N2O4S. The normalized spacial score (nSPS) is 20.0. The number of urea groups is 1. The highest BCUT2D eigenvalue weighted by Gasteiger charge is 2.32. The maximum Gasteiger partial charge on any atom is 0.319 e. The lowest BCUT2D eigenvalue weighted by Gasteiger charge is -2.36. The van der Waals surface area contributed by atoms with E-state index in [1.165, 1.54) is 4.90 Å². The molecule has 0 aromatic heterocycles. The van der Waals surface area contributed by atoms with Crippen molar-refractivity contribution in [3.8, 4) is 0 Å². The minimum absolute atomic E-state index is 0.0132. The van der Waals surface area contributed by atoms with Gasteiger partial charge in [0.25, 0.3) is 0 Å². The predicted octanol–water partition coefficient (Wildman–Crippen LogP) is 5.66. The number of aliphatic hydroxyl groups is 1. The summed E-state index contributed by atoms with van der Waals surface area (Å²) in [6.07, 6.45) is -0.000894. The molecule has 7 heteroatoms. The quantitative estimate of drug-likeness (QED) is 0.364. The van der Waals surface area contributed by atoms with Crippen molar-refractivity contribution in [2.45, 2.75) is 43.3 Å². The number of carbonyl (C=O) groups excluding carboxylic acids is 1. The Balaban J connectivity index is 1.53. The summed E-state index contributed by atoms with van der Waals surface area (Å²) < 4.78 is 12.8. The van der Waals surface area contributed by atoms with Crippen LogP contribution in [0.4, 0.5) is 10.5 Å². The SMILES string of the molecule is CCNC(=O)Nc1cccc(C2OC(CSc3ccccc3)CC(c3ccc(CO)cc3)O2)c1. The standard InChI is InChI=1S/C27H30N2O4S/c1-2-28-27(31)29-22-8-6-7-21(15-22)26-32-23(18-34-24-9-4-3-5-10-24)16-25(33-26)20-13-11-19(17-30)12-14-20/h3-15,23,25-26,30H,2,16-18H2,1H3,(H2,28,29,31). The maximum absolute atomic E-state index is 12.0. The van der Waals surface area contributed by atoms with Crippen molar-refractivity contribution in [1.29, 1.82) is 0 Å². The number of hydrogen-bond donors (Lipinski definition) is 3. The van der Waals surface area contributed by atoms with Gasteiger partial charge < -0.3 is 25.2 Å². The van der Waals surface area contributed by atoms with E-state index in [0.717, 1.165) is 28.9 Å². The summed E-state index contributed by atoms with van der Waals surface area (Å²) in [5.41, 5.74) is 3.45. The van der Waals surface area contributed by atoms with Gasteiger partial charge in [-0.25, -0.2) is 4.79 Å². The molecule has 3 unspecified atom stereocenters. The zero-order valence-corrected chi connectivity index (χ0v) is 20.0. The lowest BCUT2D eigenvalue weighted by atomic mass is 10.0. The van der Waals surface area contributed by atoms with Crippen LogP contribution in [0.15, 0.2) is 83.8 Å². The van der Waals surface area contributed by atoms with Gasteiger partial charge in [0.15, 0.2) is 6.29 Å². The van der Waals surface area contributed by atoms with Crippen LogP contribution in [0.1, 0.15) is 42.4 Å². The van der Waals surface area contributed by atoms with E-state index in [1.807, 2.05) is 73.7 Å². The number of nitrogens with one attached hydrogen (secondary N) is 2. The Bertz CT molecular complexity index is 1060. The molecule has 0 spiro atoms. The van der Waals surface area contributed by atoms with Gasteiger partial charge in [-0.05, 0) is 42.3 Å². The molecule has 178 valence electrons. The zero-order valence-electron chi connectivity index (χ0n) is 19.1. The molecule has 3 N–H and O–H groups in total. The van der Waals surface area contributed by atoms with Crippen LogP contribution in [0.2, 0.25) is 0 Å². The van der Waals surface area contributed by atoms with E-state index in [2.05, 4.69) is 22.8 Å². The predicted molar refractivity (Wildman–Crippen MR) is 135 cm³/mol. The van der Waals surface area contributed by atoms with Crippen LogP contribution in [-0.2, 0) is 16.1 Å². The van der Waals surface area contributed by atoms with Crippen LogP contribution < -0.4 is 10.6 Å². The molecule has 0 bridgehead atoms. The van der Waals surface area contributed by atoms with Crippen molar-refractivity contribution in [3.63, 3.8) is 0 Å². The van der Waals surface area contributed by atoms with Gasteiger partial charge in [-0.3, -0.25) is 0 Å². The third-order valence-corrected chi connectivity index (χ3v) is 6.69. The van der Waals surface area contributed by atoms with Crippen molar-refractivity contribution in [1.82, 2.24) is 5.32 Å². The Morgan fingerprint density at radius 1 is 1.00 bits per heavy atom. The zero-order chi connectivity index (χ0) is 23.8. The van der Waals surface area contributed by atoms with Crippen molar-refractivity contribution >= 4 is 23.5 Å². The van der Waals surface area contributed by atoms with Gasteiger partial charge in [0.1, 0.15) is 0 Å². The molecule has 6 nitrogen and oxygen atoms in total. The second-order valence-corrected chi connectivity index (χ2v) is 9.18. The molecule has 0 radical (unpaired) electrons. The van der Waals surface area contributed by atoms with Crippen LogP contribution in [0.25, 0.3) is 0 Å². The number of anilines is 1. The fourth-order valence-corrected chi connectivity index (χ4v) is 4.77. The third kappa shape index (κ3) is 6.61. The highest BCUT2D eigenvalue weighted by atomic mass is 32.2. The van der Waals surface area contributed by atoms with Gasteiger partial charge in [-0.2, -0.15) is 0 Å². The van der Waals surface area contributed by atoms with E-state index in [4.69, 9.17) is 9.47 Å². The molecule has 34 heavy (non-hydrogen) atoms. The number of rotatable bonds is 8. The molecule has 1 fully saturated rings. The van der Waals surface area contributed by atoms with Gasteiger partial charge in [0, 0.05) is 34.9 Å². The number of amides is 2. The molecule has 4 rings (SSSR count). The maximum atomic E-state index is 12.0. The molecule has 1 saturated heterocycles. The van der Waals surface area contributed by atoms with E-state index >= 15 is 0 Å². The van der Waals surface area contributed by atoms with E-state index < -0.39 is 6.29 Å². The Morgan fingerprint density at radius 3 is 2.53 bits per heavy atom. The second-order valence-electron chi connectivity index (χ2n) is 8.08. The molecule has 1 heterocycles. The van der Waals surface area contributed by atoms with Gasteiger partial charge >= 0.3 is 6.03 Å². The summed E-state index contributed by atoms with van der Waals surface area (Å²) in [4.78, 5) is 13.2. The largest absolute Gasteiger partial charge is 0.392 e. The minimum atomic E-state index is -0.561. The van der Waals surface area contributed by atoms with Crippen molar-refractivity contribution in [2.75, 3.05) is 17.6 Å². The fraction of sp³-hybridized carbons (Fsp3) is 0.296. The highest BCUT2D eigenvalue weighted by Crippen LogP contribution is 2.39. The second kappa shape index (κ2) is 12.0. The Labute approximate surface area is 204 Å². The first kappa shape index (κ1) is 24.3. The molecular weight excluding hydrogens is 448 g/mol.